The van der Waals surface area contributed by atoms with E-state index in [2.05, 4.69) is 0 Å². The third-order valence-electron chi connectivity index (χ3n) is 2.46. The number of carbonyl (C=O) groups is 2. The summed E-state index contributed by atoms with van der Waals surface area (Å²) in [5, 5.41) is 0.517. The first-order chi connectivity index (χ1) is 10.1. The van der Waals surface area contributed by atoms with Gasteiger partial charge in [-0.05, 0) is 36.4 Å². The molecule has 0 aliphatic carbocycles. The van der Waals surface area contributed by atoms with Gasteiger partial charge in [0.2, 0.25) is 0 Å². The summed E-state index contributed by atoms with van der Waals surface area (Å²) in [6, 6.07) is 12.6. The number of esters is 2. The molecule has 0 spiro atoms. The van der Waals surface area contributed by atoms with Gasteiger partial charge in [-0.15, -0.1) is 11.6 Å². The number of para-hydroxylation sites is 2. The average molecular weight is 325 g/mol. The Bertz CT molecular complexity index is 653. The van der Waals surface area contributed by atoms with Crippen molar-refractivity contribution in [3.05, 3.63) is 59.1 Å². The normalized spacial score (nSPS) is 10.0. The summed E-state index contributed by atoms with van der Waals surface area (Å²) in [5.41, 5.74) is 0.331. The first-order valence-electron chi connectivity index (χ1n) is 5.93. The third kappa shape index (κ3) is 4.21. The van der Waals surface area contributed by atoms with Crippen LogP contribution in [-0.4, -0.2) is 17.8 Å². The van der Waals surface area contributed by atoms with Gasteiger partial charge in [0.15, 0.2) is 11.5 Å². The van der Waals surface area contributed by atoms with Gasteiger partial charge in [-0.25, -0.2) is 4.79 Å². The molecule has 0 heterocycles. The van der Waals surface area contributed by atoms with Gasteiger partial charge < -0.3 is 9.47 Å². The summed E-state index contributed by atoms with van der Waals surface area (Å²) in [6.07, 6.45) is 0. The molecule has 0 aliphatic heterocycles. The second-order valence-corrected chi connectivity index (χ2v) is 4.65. The molecule has 0 aromatic heterocycles. The average Bonchev–Trinajstić information content (AvgIpc) is 2.49. The Labute approximate surface area is 131 Å². The number of ether oxygens (including phenoxy) is 2. The third-order valence-corrected chi connectivity index (χ3v) is 2.93. The topological polar surface area (TPSA) is 52.6 Å². The smallest absolute Gasteiger partial charge is 0.343 e. The highest BCUT2D eigenvalue weighted by Crippen LogP contribution is 2.27. The Morgan fingerprint density at radius 1 is 0.905 bits per heavy atom. The fourth-order valence-electron chi connectivity index (χ4n) is 1.51. The molecule has 0 radical (unpaired) electrons. The molecule has 4 nitrogen and oxygen atoms in total. The van der Waals surface area contributed by atoms with Gasteiger partial charge in [-0.2, -0.15) is 0 Å². The van der Waals surface area contributed by atoms with Crippen LogP contribution in [0.4, 0.5) is 0 Å². The molecule has 6 heteroatoms. The number of hydrogen-bond acceptors (Lipinski definition) is 4. The molecule has 0 N–H and O–H groups in total. The van der Waals surface area contributed by atoms with E-state index in [0.717, 1.165) is 0 Å². The van der Waals surface area contributed by atoms with E-state index in [1.807, 2.05) is 0 Å². The Morgan fingerprint density at radius 3 is 2.05 bits per heavy atom. The van der Waals surface area contributed by atoms with Crippen LogP contribution in [0.2, 0.25) is 5.02 Å². The van der Waals surface area contributed by atoms with Gasteiger partial charge in [0.1, 0.15) is 5.88 Å². The number of carbonyl (C=O) groups excluding carboxylic acids is 2. The van der Waals surface area contributed by atoms with Gasteiger partial charge in [-0.3, -0.25) is 4.79 Å². The molecule has 0 amide bonds. The van der Waals surface area contributed by atoms with Crippen molar-refractivity contribution in [2.75, 3.05) is 5.88 Å². The highest BCUT2D eigenvalue weighted by atomic mass is 35.5. The van der Waals surface area contributed by atoms with Crippen LogP contribution in [0, 0.1) is 0 Å². The predicted octanol–water partition coefficient (Wildman–Crippen LogP) is 3.70. The zero-order valence-corrected chi connectivity index (χ0v) is 12.2. The molecule has 2 aromatic carbocycles. The SMILES string of the molecule is O=C(CCl)Oc1ccccc1OC(=O)c1ccc(Cl)cc1. The fraction of sp³-hybridized carbons (Fsp3) is 0.0667. The van der Waals surface area contributed by atoms with E-state index in [0.29, 0.717) is 10.6 Å². The maximum Gasteiger partial charge on any atom is 0.343 e. The van der Waals surface area contributed by atoms with Crippen molar-refractivity contribution in [2.24, 2.45) is 0 Å². The minimum Gasteiger partial charge on any atom is -0.422 e. The Kier molecular flexibility index (Phi) is 5.20. The summed E-state index contributed by atoms with van der Waals surface area (Å²) in [6.45, 7) is 0. The summed E-state index contributed by atoms with van der Waals surface area (Å²) in [7, 11) is 0. The highest BCUT2D eigenvalue weighted by Gasteiger charge is 2.14. The first kappa shape index (κ1) is 15.4. The van der Waals surface area contributed by atoms with Crippen LogP contribution in [0.3, 0.4) is 0 Å². The van der Waals surface area contributed by atoms with Gasteiger partial charge >= 0.3 is 11.9 Å². The molecular weight excluding hydrogens is 315 g/mol. The lowest BCUT2D eigenvalue weighted by molar-refractivity contribution is -0.131. The van der Waals surface area contributed by atoms with Gasteiger partial charge in [0.05, 0.1) is 5.56 Å². The standard InChI is InChI=1S/C15H10Cl2O4/c16-9-14(18)20-12-3-1-2-4-13(12)21-15(19)10-5-7-11(17)8-6-10/h1-8H,9H2. The van der Waals surface area contributed by atoms with Crippen molar-refractivity contribution in [3.8, 4) is 11.5 Å². The van der Waals surface area contributed by atoms with Crippen molar-refractivity contribution in [2.45, 2.75) is 0 Å². The zero-order valence-electron chi connectivity index (χ0n) is 10.7. The lowest BCUT2D eigenvalue weighted by Crippen LogP contribution is -2.12. The van der Waals surface area contributed by atoms with Crippen molar-refractivity contribution in [1.82, 2.24) is 0 Å². The van der Waals surface area contributed by atoms with Crippen molar-refractivity contribution >= 4 is 35.1 Å². The number of hydrogen-bond donors (Lipinski definition) is 0. The number of benzene rings is 2. The number of alkyl halides is 1. The van der Waals surface area contributed by atoms with Crippen molar-refractivity contribution < 1.29 is 19.1 Å². The Morgan fingerprint density at radius 2 is 1.48 bits per heavy atom. The molecular formula is C15H10Cl2O4. The van der Waals surface area contributed by atoms with Crippen LogP contribution in [0.5, 0.6) is 11.5 Å². The lowest BCUT2D eigenvalue weighted by Gasteiger charge is -2.09. The van der Waals surface area contributed by atoms with E-state index in [1.165, 1.54) is 24.3 Å². The van der Waals surface area contributed by atoms with Crippen LogP contribution < -0.4 is 9.47 Å². The summed E-state index contributed by atoms with van der Waals surface area (Å²) in [4.78, 5) is 23.2. The minimum atomic E-state index is -0.633. The molecule has 0 saturated heterocycles. The van der Waals surface area contributed by atoms with Gasteiger partial charge in [0, 0.05) is 5.02 Å². The Balaban J connectivity index is 2.17. The van der Waals surface area contributed by atoms with E-state index in [1.54, 1.807) is 24.3 Å². The molecule has 0 fully saturated rings. The van der Waals surface area contributed by atoms with E-state index >= 15 is 0 Å². The molecule has 0 unspecified atom stereocenters. The largest absolute Gasteiger partial charge is 0.422 e. The van der Waals surface area contributed by atoms with Crippen LogP contribution in [0.25, 0.3) is 0 Å². The van der Waals surface area contributed by atoms with Crippen LogP contribution in [0.1, 0.15) is 10.4 Å². The number of halogens is 2. The van der Waals surface area contributed by atoms with Gasteiger partial charge in [-0.1, -0.05) is 23.7 Å². The van der Waals surface area contributed by atoms with Crippen LogP contribution in [-0.2, 0) is 4.79 Å². The summed E-state index contributed by atoms with van der Waals surface area (Å²) >= 11 is 11.1. The maximum absolute atomic E-state index is 12.0. The van der Waals surface area contributed by atoms with E-state index in [4.69, 9.17) is 32.7 Å². The molecule has 2 rings (SSSR count). The molecule has 0 bridgehead atoms. The molecule has 0 aliphatic rings. The lowest BCUT2D eigenvalue weighted by atomic mass is 10.2. The van der Waals surface area contributed by atoms with Crippen LogP contribution >= 0.6 is 23.2 Å². The quantitative estimate of drug-likeness (QED) is 0.489. The summed E-state index contributed by atoms with van der Waals surface area (Å²) in [5.74, 6) is -1.24. The second kappa shape index (κ2) is 7.11. The summed E-state index contributed by atoms with van der Waals surface area (Å²) < 4.78 is 10.2. The minimum absolute atomic E-state index is 0.130. The predicted molar refractivity (Wildman–Crippen MR) is 79.2 cm³/mol. The zero-order chi connectivity index (χ0) is 15.2. The van der Waals surface area contributed by atoms with E-state index < -0.39 is 11.9 Å². The molecule has 0 atom stereocenters. The first-order valence-corrected chi connectivity index (χ1v) is 6.85. The number of rotatable bonds is 4. The van der Waals surface area contributed by atoms with E-state index in [-0.39, 0.29) is 17.4 Å². The highest BCUT2D eigenvalue weighted by molar-refractivity contribution is 6.30. The second-order valence-electron chi connectivity index (χ2n) is 3.95. The van der Waals surface area contributed by atoms with Crippen molar-refractivity contribution in [1.29, 1.82) is 0 Å². The molecule has 0 saturated carbocycles. The molecule has 108 valence electrons. The Hall–Kier alpha value is -2.04. The monoisotopic (exact) mass is 324 g/mol. The van der Waals surface area contributed by atoms with Gasteiger partial charge in [0.25, 0.3) is 0 Å². The van der Waals surface area contributed by atoms with Crippen molar-refractivity contribution in [3.63, 3.8) is 0 Å². The molecule has 2 aromatic rings. The van der Waals surface area contributed by atoms with Crippen LogP contribution in [0.15, 0.2) is 48.5 Å². The van der Waals surface area contributed by atoms with E-state index in [9.17, 15) is 9.59 Å². The fourth-order valence-corrected chi connectivity index (χ4v) is 1.69. The maximum atomic E-state index is 12.0. The molecule has 21 heavy (non-hydrogen) atoms.